The van der Waals surface area contributed by atoms with Crippen LogP contribution in [0.4, 0.5) is 4.39 Å². The fourth-order valence-electron chi connectivity index (χ4n) is 0.915. The zero-order valence-corrected chi connectivity index (χ0v) is 8.42. The maximum atomic E-state index is 12.8. The molecule has 4 nitrogen and oxygen atoms in total. The van der Waals surface area contributed by atoms with Crippen molar-refractivity contribution in [3.63, 3.8) is 0 Å². The Balaban J connectivity index is 4.11. The predicted octanol–water partition coefficient (Wildman–Crippen LogP) is 0.503. The number of rotatable bonds is 5. The summed E-state index contributed by atoms with van der Waals surface area (Å²) >= 11 is 0. The van der Waals surface area contributed by atoms with Gasteiger partial charge in [-0.1, -0.05) is 0 Å². The van der Waals surface area contributed by atoms with Crippen LogP contribution in [0.25, 0.3) is 0 Å². The SMILES string of the molecule is COC(=O)C(C)(N)CCC(F)=CCO. The van der Waals surface area contributed by atoms with E-state index in [0.29, 0.717) is 0 Å². The Kier molecular flexibility index (Phi) is 5.34. The lowest BCUT2D eigenvalue weighted by molar-refractivity contribution is -0.146. The third-order valence-corrected chi connectivity index (χ3v) is 1.85. The van der Waals surface area contributed by atoms with Gasteiger partial charge in [0, 0.05) is 6.42 Å². The van der Waals surface area contributed by atoms with E-state index in [1.165, 1.54) is 14.0 Å². The summed E-state index contributed by atoms with van der Waals surface area (Å²) in [6, 6.07) is 0. The number of nitrogens with two attached hydrogens (primary N) is 1. The van der Waals surface area contributed by atoms with Gasteiger partial charge in [0.25, 0.3) is 0 Å². The molecule has 5 heteroatoms. The number of carbonyl (C=O) groups is 1. The Morgan fingerprint density at radius 2 is 2.29 bits per heavy atom. The highest BCUT2D eigenvalue weighted by molar-refractivity contribution is 5.79. The molecule has 82 valence electrons. The van der Waals surface area contributed by atoms with Crippen molar-refractivity contribution in [2.75, 3.05) is 13.7 Å². The van der Waals surface area contributed by atoms with Crippen molar-refractivity contribution >= 4 is 5.97 Å². The number of hydrogen-bond donors (Lipinski definition) is 2. The van der Waals surface area contributed by atoms with E-state index in [4.69, 9.17) is 10.8 Å². The van der Waals surface area contributed by atoms with Crippen LogP contribution in [-0.4, -0.2) is 30.3 Å². The molecule has 0 fully saturated rings. The van der Waals surface area contributed by atoms with Gasteiger partial charge < -0.3 is 15.6 Å². The molecule has 0 aliphatic heterocycles. The number of carbonyl (C=O) groups excluding carboxylic acids is 1. The van der Waals surface area contributed by atoms with E-state index in [0.717, 1.165) is 6.08 Å². The number of esters is 1. The van der Waals surface area contributed by atoms with E-state index < -0.39 is 17.3 Å². The van der Waals surface area contributed by atoms with Crippen molar-refractivity contribution < 1.29 is 19.0 Å². The highest BCUT2D eigenvalue weighted by Gasteiger charge is 2.29. The van der Waals surface area contributed by atoms with Gasteiger partial charge in [-0.3, -0.25) is 4.79 Å². The second-order valence-electron chi connectivity index (χ2n) is 3.24. The Labute approximate surface area is 82.5 Å². The number of hydrogen-bond acceptors (Lipinski definition) is 4. The second kappa shape index (κ2) is 5.72. The largest absolute Gasteiger partial charge is 0.468 e. The fraction of sp³-hybridized carbons (Fsp3) is 0.667. The van der Waals surface area contributed by atoms with Crippen molar-refractivity contribution in [1.82, 2.24) is 0 Å². The van der Waals surface area contributed by atoms with Crippen molar-refractivity contribution in [2.24, 2.45) is 5.73 Å². The third kappa shape index (κ3) is 4.34. The highest BCUT2D eigenvalue weighted by Crippen LogP contribution is 2.15. The lowest BCUT2D eigenvalue weighted by atomic mass is 9.97. The third-order valence-electron chi connectivity index (χ3n) is 1.85. The molecule has 0 saturated heterocycles. The Hall–Kier alpha value is -0.940. The monoisotopic (exact) mass is 205 g/mol. The van der Waals surface area contributed by atoms with Crippen LogP contribution in [0, 0.1) is 0 Å². The molecule has 1 atom stereocenters. The molecule has 0 radical (unpaired) electrons. The van der Waals surface area contributed by atoms with Gasteiger partial charge in [0.15, 0.2) is 0 Å². The molecule has 0 bridgehead atoms. The smallest absolute Gasteiger partial charge is 0.325 e. The quantitative estimate of drug-likeness (QED) is 0.641. The van der Waals surface area contributed by atoms with Crippen LogP contribution < -0.4 is 5.73 Å². The van der Waals surface area contributed by atoms with E-state index in [1.54, 1.807) is 0 Å². The number of allylic oxidation sites excluding steroid dienone is 1. The van der Waals surface area contributed by atoms with Gasteiger partial charge in [-0.25, -0.2) is 4.39 Å². The minimum Gasteiger partial charge on any atom is -0.468 e. The summed E-state index contributed by atoms with van der Waals surface area (Å²) in [4.78, 5) is 11.1. The van der Waals surface area contributed by atoms with Crippen molar-refractivity contribution in [3.05, 3.63) is 11.9 Å². The maximum absolute atomic E-state index is 12.8. The van der Waals surface area contributed by atoms with Gasteiger partial charge in [-0.05, 0) is 19.4 Å². The predicted molar refractivity (Wildman–Crippen MR) is 50.1 cm³/mol. The Morgan fingerprint density at radius 1 is 1.71 bits per heavy atom. The van der Waals surface area contributed by atoms with E-state index in [-0.39, 0.29) is 19.4 Å². The van der Waals surface area contributed by atoms with Crippen LogP contribution in [0.5, 0.6) is 0 Å². The van der Waals surface area contributed by atoms with Crippen molar-refractivity contribution in [2.45, 2.75) is 25.3 Å². The van der Waals surface area contributed by atoms with Gasteiger partial charge in [0.05, 0.1) is 19.5 Å². The molecule has 0 aromatic heterocycles. The minimum absolute atomic E-state index is 0.0165. The molecule has 0 aromatic carbocycles. The molecular formula is C9H16FNO3. The normalized spacial score (nSPS) is 16.2. The average molecular weight is 205 g/mol. The molecule has 3 N–H and O–H groups in total. The molecule has 0 rings (SSSR count). The topological polar surface area (TPSA) is 72.5 Å². The van der Waals surface area contributed by atoms with Gasteiger partial charge in [0.1, 0.15) is 5.54 Å². The molecule has 0 amide bonds. The molecule has 0 aliphatic carbocycles. The summed E-state index contributed by atoms with van der Waals surface area (Å²) < 4.78 is 17.2. The molecular weight excluding hydrogens is 189 g/mol. The fourth-order valence-corrected chi connectivity index (χ4v) is 0.915. The van der Waals surface area contributed by atoms with E-state index in [2.05, 4.69) is 4.74 Å². The molecule has 1 unspecified atom stereocenters. The van der Waals surface area contributed by atoms with E-state index in [9.17, 15) is 9.18 Å². The first-order chi connectivity index (χ1) is 6.44. The minimum atomic E-state index is -1.19. The van der Waals surface area contributed by atoms with Gasteiger partial charge in [-0.2, -0.15) is 0 Å². The van der Waals surface area contributed by atoms with Crippen LogP contribution in [-0.2, 0) is 9.53 Å². The summed E-state index contributed by atoms with van der Waals surface area (Å²) in [6.07, 6.45) is 1.19. The van der Waals surface area contributed by atoms with Crippen LogP contribution in [0.1, 0.15) is 19.8 Å². The first kappa shape index (κ1) is 13.1. The van der Waals surface area contributed by atoms with Crippen LogP contribution in [0.3, 0.4) is 0 Å². The highest BCUT2D eigenvalue weighted by atomic mass is 19.1. The van der Waals surface area contributed by atoms with Crippen molar-refractivity contribution in [3.8, 4) is 0 Å². The Morgan fingerprint density at radius 3 is 2.71 bits per heavy atom. The van der Waals surface area contributed by atoms with Crippen molar-refractivity contribution in [1.29, 1.82) is 0 Å². The number of ether oxygens (including phenoxy) is 1. The average Bonchev–Trinajstić information content (AvgIpc) is 2.14. The Bertz CT molecular complexity index is 226. The van der Waals surface area contributed by atoms with Crippen LogP contribution >= 0.6 is 0 Å². The molecule has 0 saturated carbocycles. The first-order valence-electron chi connectivity index (χ1n) is 4.26. The zero-order valence-electron chi connectivity index (χ0n) is 8.42. The second-order valence-corrected chi connectivity index (χ2v) is 3.24. The van der Waals surface area contributed by atoms with Crippen LogP contribution in [0.2, 0.25) is 0 Å². The molecule has 0 aromatic rings. The molecule has 14 heavy (non-hydrogen) atoms. The summed E-state index contributed by atoms with van der Waals surface area (Å²) in [5, 5.41) is 8.38. The number of aliphatic hydroxyl groups excluding tert-OH is 1. The molecule has 0 heterocycles. The standard InChI is InChI=1S/C9H16FNO3/c1-9(11,8(13)14-2)5-3-7(10)4-6-12/h4,12H,3,5-6,11H2,1-2H3. The van der Waals surface area contributed by atoms with Crippen LogP contribution in [0.15, 0.2) is 11.9 Å². The molecule has 0 aliphatic rings. The number of aliphatic hydroxyl groups is 1. The maximum Gasteiger partial charge on any atom is 0.325 e. The lowest BCUT2D eigenvalue weighted by Gasteiger charge is -2.20. The van der Waals surface area contributed by atoms with Gasteiger partial charge >= 0.3 is 5.97 Å². The summed E-state index contributed by atoms with van der Waals surface area (Å²) in [7, 11) is 1.23. The first-order valence-corrected chi connectivity index (χ1v) is 4.26. The number of halogens is 1. The summed E-state index contributed by atoms with van der Waals surface area (Å²) in [5.41, 5.74) is 4.40. The van der Waals surface area contributed by atoms with E-state index >= 15 is 0 Å². The lowest BCUT2D eigenvalue weighted by Crippen LogP contribution is -2.45. The number of methoxy groups -OCH3 is 1. The van der Waals surface area contributed by atoms with Gasteiger partial charge in [0.2, 0.25) is 0 Å². The van der Waals surface area contributed by atoms with E-state index in [1.807, 2.05) is 0 Å². The summed E-state index contributed by atoms with van der Waals surface area (Å²) in [6.45, 7) is 1.12. The zero-order chi connectivity index (χ0) is 11.2. The summed E-state index contributed by atoms with van der Waals surface area (Å²) in [5.74, 6) is -1.05. The van der Waals surface area contributed by atoms with Gasteiger partial charge in [-0.15, -0.1) is 0 Å². The molecule has 0 spiro atoms.